The zero-order chi connectivity index (χ0) is 13.7. The lowest BCUT2D eigenvalue weighted by Gasteiger charge is -2.28. The first-order valence-corrected chi connectivity index (χ1v) is 7.07. The Bertz CT molecular complexity index is 444. The minimum absolute atomic E-state index is 0.270. The van der Waals surface area contributed by atoms with E-state index in [1.54, 1.807) is 6.07 Å². The maximum atomic E-state index is 11.6. The molecule has 0 N–H and O–H groups in total. The fourth-order valence-corrected chi connectivity index (χ4v) is 3.08. The van der Waals surface area contributed by atoms with Crippen molar-refractivity contribution >= 4 is 5.97 Å². The number of hydrogen-bond acceptors (Lipinski definition) is 2. The fraction of sp³-hybridized carbons (Fsp3) is 0.471. The van der Waals surface area contributed by atoms with E-state index in [-0.39, 0.29) is 5.97 Å². The van der Waals surface area contributed by atoms with Gasteiger partial charge in [0, 0.05) is 5.92 Å². The number of allylic oxidation sites excluding steroid dienone is 1. The summed E-state index contributed by atoms with van der Waals surface area (Å²) >= 11 is 0. The normalized spacial score (nSPS) is 17.7. The van der Waals surface area contributed by atoms with Crippen LogP contribution < -0.4 is 0 Å². The summed E-state index contributed by atoms with van der Waals surface area (Å²) in [5.41, 5.74) is 1.81. The van der Waals surface area contributed by atoms with Gasteiger partial charge in [-0.25, -0.2) is 4.79 Å². The molecule has 1 aliphatic rings. The van der Waals surface area contributed by atoms with E-state index in [1.165, 1.54) is 44.8 Å². The molecule has 1 aliphatic carbocycles. The highest BCUT2D eigenvalue weighted by atomic mass is 16.5. The monoisotopic (exact) mass is 258 g/mol. The molecule has 2 nitrogen and oxygen atoms in total. The second-order valence-corrected chi connectivity index (χ2v) is 5.28. The van der Waals surface area contributed by atoms with Gasteiger partial charge in [-0.05, 0) is 36.5 Å². The minimum atomic E-state index is -0.270. The van der Waals surface area contributed by atoms with Gasteiger partial charge in [-0.1, -0.05) is 37.5 Å². The Balaban J connectivity index is 2.22. The topological polar surface area (TPSA) is 26.3 Å². The molecule has 0 aliphatic heterocycles. The largest absolute Gasteiger partial charge is 0.465 e. The van der Waals surface area contributed by atoms with Crippen LogP contribution in [0.4, 0.5) is 0 Å². The van der Waals surface area contributed by atoms with Crippen LogP contribution in [0.2, 0.25) is 0 Å². The number of hydrogen-bond donors (Lipinski definition) is 0. The first kappa shape index (κ1) is 13.9. The molecule has 2 rings (SSSR count). The van der Waals surface area contributed by atoms with Crippen LogP contribution in [0.1, 0.15) is 53.9 Å². The lowest BCUT2D eigenvalue weighted by molar-refractivity contribution is 0.0600. The summed E-state index contributed by atoms with van der Waals surface area (Å²) in [6.07, 6.45) is 8.53. The standard InChI is InChI=1S/C17H22O2/c1-3-16(13-8-5-4-6-9-13)14-10-7-11-15(12-14)17(18)19-2/h3,7,10-13,16H,1,4-6,8-9H2,2H3. The molecule has 19 heavy (non-hydrogen) atoms. The molecule has 1 fully saturated rings. The fourth-order valence-electron chi connectivity index (χ4n) is 3.08. The summed E-state index contributed by atoms with van der Waals surface area (Å²) in [5.74, 6) is 0.748. The van der Waals surface area contributed by atoms with E-state index in [0.717, 1.165) is 0 Å². The van der Waals surface area contributed by atoms with Gasteiger partial charge in [-0.3, -0.25) is 0 Å². The number of benzene rings is 1. The molecule has 1 aromatic rings. The highest BCUT2D eigenvalue weighted by Gasteiger charge is 2.23. The van der Waals surface area contributed by atoms with Crippen LogP contribution in [0.5, 0.6) is 0 Å². The summed E-state index contributed by atoms with van der Waals surface area (Å²) in [7, 11) is 1.42. The molecule has 1 saturated carbocycles. The van der Waals surface area contributed by atoms with Crippen LogP contribution in [0, 0.1) is 5.92 Å². The Morgan fingerprint density at radius 1 is 1.37 bits per heavy atom. The molecule has 2 heteroatoms. The summed E-state index contributed by atoms with van der Waals surface area (Å²) in [4.78, 5) is 11.6. The summed E-state index contributed by atoms with van der Waals surface area (Å²) in [5, 5.41) is 0. The predicted octanol–water partition coefficient (Wildman–Crippen LogP) is 4.32. The molecule has 0 saturated heterocycles. The van der Waals surface area contributed by atoms with Crippen molar-refractivity contribution in [3.05, 3.63) is 48.0 Å². The van der Waals surface area contributed by atoms with Crippen LogP contribution in [0.3, 0.4) is 0 Å². The van der Waals surface area contributed by atoms with Gasteiger partial charge in [-0.2, -0.15) is 0 Å². The predicted molar refractivity (Wildman–Crippen MR) is 77.3 cm³/mol. The van der Waals surface area contributed by atoms with Gasteiger partial charge in [-0.15, -0.1) is 6.58 Å². The molecular formula is C17H22O2. The molecular weight excluding hydrogens is 236 g/mol. The number of rotatable bonds is 4. The number of ether oxygens (including phenoxy) is 1. The Kier molecular flexibility index (Phi) is 4.78. The highest BCUT2D eigenvalue weighted by molar-refractivity contribution is 5.89. The van der Waals surface area contributed by atoms with Crippen LogP contribution in [0.15, 0.2) is 36.9 Å². The lowest BCUT2D eigenvalue weighted by atomic mass is 9.76. The molecule has 0 bridgehead atoms. The van der Waals surface area contributed by atoms with Crippen molar-refractivity contribution in [3.63, 3.8) is 0 Å². The number of carbonyl (C=O) groups excluding carboxylic acids is 1. The molecule has 1 unspecified atom stereocenters. The van der Waals surface area contributed by atoms with Crippen molar-refractivity contribution < 1.29 is 9.53 Å². The molecule has 102 valence electrons. The lowest BCUT2D eigenvalue weighted by Crippen LogP contribution is -2.15. The zero-order valence-corrected chi connectivity index (χ0v) is 11.6. The smallest absolute Gasteiger partial charge is 0.337 e. The quantitative estimate of drug-likeness (QED) is 0.593. The SMILES string of the molecule is C=CC(c1cccc(C(=O)OC)c1)C1CCCCC1. The van der Waals surface area contributed by atoms with Crippen molar-refractivity contribution in [1.82, 2.24) is 0 Å². The van der Waals surface area contributed by atoms with Crippen molar-refractivity contribution in [1.29, 1.82) is 0 Å². The summed E-state index contributed by atoms with van der Waals surface area (Å²) in [6.45, 7) is 3.99. The minimum Gasteiger partial charge on any atom is -0.465 e. The van der Waals surface area contributed by atoms with E-state index in [0.29, 0.717) is 17.4 Å². The molecule has 0 spiro atoms. The maximum Gasteiger partial charge on any atom is 0.337 e. The molecule has 0 heterocycles. The number of carbonyl (C=O) groups is 1. The van der Waals surface area contributed by atoms with Crippen molar-refractivity contribution in [2.45, 2.75) is 38.0 Å². The van der Waals surface area contributed by atoms with E-state index in [1.807, 2.05) is 18.2 Å². The molecule has 1 atom stereocenters. The second kappa shape index (κ2) is 6.55. The molecule has 0 amide bonds. The van der Waals surface area contributed by atoms with E-state index >= 15 is 0 Å². The van der Waals surface area contributed by atoms with Crippen LogP contribution in [0.25, 0.3) is 0 Å². The first-order valence-electron chi connectivity index (χ1n) is 7.07. The zero-order valence-electron chi connectivity index (χ0n) is 11.6. The van der Waals surface area contributed by atoms with Crippen LogP contribution >= 0.6 is 0 Å². The van der Waals surface area contributed by atoms with Crippen molar-refractivity contribution in [3.8, 4) is 0 Å². The maximum absolute atomic E-state index is 11.6. The van der Waals surface area contributed by atoms with Gasteiger partial charge in [0.2, 0.25) is 0 Å². The number of methoxy groups -OCH3 is 1. The Labute approximate surface area is 115 Å². The average Bonchev–Trinajstić information content (AvgIpc) is 2.48. The Morgan fingerprint density at radius 2 is 2.11 bits per heavy atom. The number of esters is 1. The Hall–Kier alpha value is -1.57. The van der Waals surface area contributed by atoms with Crippen molar-refractivity contribution in [2.24, 2.45) is 5.92 Å². The third-order valence-electron chi connectivity index (χ3n) is 4.10. The molecule has 0 aromatic heterocycles. The second-order valence-electron chi connectivity index (χ2n) is 5.28. The van der Waals surface area contributed by atoms with Gasteiger partial charge in [0.15, 0.2) is 0 Å². The van der Waals surface area contributed by atoms with Crippen LogP contribution in [-0.2, 0) is 4.74 Å². The van der Waals surface area contributed by atoms with Gasteiger partial charge in [0.05, 0.1) is 12.7 Å². The third-order valence-corrected chi connectivity index (χ3v) is 4.10. The first-order chi connectivity index (χ1) is 9.26. The summed E-state index contributed by atoms with van der Waals surface area (Å²) in [6, 6.07) is 7.78. The van der Waals surface area contributed by atoms with Gasteiger partial charge >= 0.3 is 5.97 Å². The van der Waals surface area contributed by atoms with E-state index in [4.69, 9.17) is 4.74 Å². The van der Waals surface area contributed by atoms with Gasteiger partial charge in [0.25, 0.3) is 0 Å². The Morgan fingerprint density at radius 3 is 2.74 bits per heavy atom. The molecule has 0 radical (unpaired) electrons. The van der Waals surface area contributed by atoms with Gasteiger partial charge < -0.3 is 4.74 Å². The van der Waals surface area contributed by atoms with Gasteiger partial charge in [0.1, 0.15) is 0 Å². The average molecular weight is 258 g/mol. The van der Waals surface area contributed by atoms with E-state index < -0.39 is 0 Å². The third kappa shape index (κ3) is 3.25. The van der Waals surface area contributed by atoms with Crippen LogP contribution in [-0.4, -0.2) is 13.1 Å². The van der Waals surface area contributed by atoms with Crippen molar-refractivity contribution in [2.75, 3.05) is 7.11 Å². The highest BCUT2D eigenvalue weighted by Crippen LogP contribution is 2.36. The summed E-state index contributed by atoms with van der Waals surface area (Å²) < 4.78 is 4.79. The molecule has 1 aromatic carbocycles. The van der Waals surface area contributed by atoms with E-state index in [9.17, 15) is 4.79 Å². The van der Waals surface area contributed by atoms with E-state index in [2.05, 4.69) is 12.6 Å².